The highest BCUT2D eigenvalue weighted by atomic mass is 15.1. The minimum Gasteiger partial charge on any atom is -0.337 e. The van der Waals surface area contributed by atoms with Crippen molar-refractivity contribution in [3.05, 3.63) is 66.5 Å². The number of nitrogens with one attached hydrogen (secondary N) is 2. The van der Waals surface area contributed by atoms with E-state index in [0.29, 0.717) is 0 Å². The number of benzene rings is 2. The molecule has 1 saturated heterocycles. The fraction of sp³-hybridized carbons (Fsp3) is 0.240. The van der Waals surface area contributed by atoms with E-state index < -0.39 is 0 Å². The smallest absolute Gasteiger partial charge is 0.159 e. The normalized spacial score (nSPS) is 15.1. The zero-order chi connectivity index (χ0) is 20.6. The number of rotatable bonds is 4. The zero-order valence-corrected chi connectivity index (χ0v) is 17.3. The van der Waals surface area contributed by atoms with Crippen molar-refractivity contribution in [3.63, 3.8) is 0 Å². The van der Waals surface area contributed by atoms with Crippen molar-refractivity contribution < 1.29 is 0 Å². The van der Waals surface area contributed by atoms with Gasteiger partial charge < -0.3 is 4.98 Å². The van der Waals surface area contributed by atoms with Crippen LogP contribution in [0.3, 0.4) is 0 Å². The zero-order valence-electron chi connectivity index (χ0n) is 17.3. The number of aromatic nitrogens is 5. The van der Waals surface area contributed by atoms with Gasteiger partial charge in [0.2, 0.25) is 0 Å². The molecule has 0 radical (unpaired) electrons. The van der Waals surface area contributed by atoms with Crippen LogP contribution in [0.5, 0.6) is 0 Å². The molecule has 6 rings (SSSR count). The first-order valence-electron chi connectivity index (χ1n) is 10.9. The average molecular weight is 409 g/mol. The van der Waals surface area contributed by atoms with Gasteiger partial charge in [-0.1, -0.05) is 24.6 Å². The van der Waals surface area contributed by atoms with Crippen LogP contribution in [-0.2, 0) is 6.54 Å². The summed E-state index contributed by atoms with van der Waals surface area (Å²) in [5.74, 6) is 0.779. The van der Waals surface area contributed by atoms with Crippen LogP contribution in [0, 0.1) is 0 Å². The maximum atomic E-state index is 4.73. The molecule has 0 aliphatic carbocycles. The van der Waals surface area contributed by atoms with Crippen molar-refractivity contribution in [2.24, 2.45) is 0 Å². The molecule has 4 heterocycles. The van der Waals surface area contributed by atoms with E-state index in [1.807, 2.05) is 36.7 Å². The minimum absolute atomic E-state index is 0.779. The summed E-state index contributed by atoms with van der Waals surface area (Å²) in [6, 6.07) is 16.7. The van der Waals surface area contributed by atoms with Crippen LogP contribution in [-0.4, -0.2) is 43.1 Å². The fourth-order valence-electron chi connectivity index (χ4n) is 4.55. The van der Waals surface area contributed by atoms with Crippen molar-refractivity contribution in [1.29, 1.82) is 0 Å². The Morgan fingerprint density at radius 1 is 0.871 bits per heavy atom. The van der Waals surface area contributed by atoms with Gasteiger partial charge in [0.15, 0.2) is 5.82 Å². The lowest BCUT2D eigenvalue weighted by atomic mass is 10.0. The molecule has 0 bridgehead atoms. The second-order valence-corrected chi connectivity index (χ2v) is 8.35. The largest absolute Gasteiger partial charge is 0.337 e. The summed E-state index contributed by atoms with van der Waals surface area (Å²) in [5, 5.41) is 8.75. The van der Waals surface area contributed by atoms with E-state index in [9.17, 15) is 0 Å². The van der Waals surface area contributed by atoms with Gasteiger partial charge in [0.1, 0.15) is 5.69 Å². The number of aromatic amines is 2. The van der Waals surface area contributed by atoms with Crippen LogP contribution in [0.15, 0.2) is 60.9 Å². The molecule has 5 aromatic rings. The second kappa shape index (κ2) is 7.63. The predicted molar refractivity (Wildman–Crippen MR) is 124 cm³/mol. The molecule has 31 heavy (non-hydrogen) atoms. The number of imidazole rings is 1. The highest BCUT2D eigenvalue weighted by Crippen LogP contribution is 2.30. The third-order valence-electron chi connectivity index (χ3n) is 6.16. The first-order valence-corrected chi connectivity index (χ1v) is 10.9. The summed E-state index contributed by atoms with van der Waals surface area (Å²) in [7, 11) is 0. The number of likely N-dealkylation sites (tertiary alicyclic amines) is 1. The lowest BCUT2D eigenvalue weighted by molar-refractivity contribution is 0.220. The molecule has 2 N–H and O–H groups in total. The third-order valence-corrected chi connectivity index (χ3v) is 6.16. The summed E-state index contributed by atoms with van der Waals surface area (Å²) in [6.07, 6.45) is 7.90. The van der Waals surface area contributed by atoms with Crippen LogP contribution in [0.4, 0.5) is 0 Å². The minimum atomic E-state index is 0.779. The van der Waals surface area contributed by atoms with Gasteiger partial charge in [0.25, 0.3) is 0 Å². The summed E-state index contributed by atoms with van der Waals surface area (Å²) in [4.78, 5) is 15.2. The second-order valence-electron chi connectivity index (χ2n) is 8.35. The molecule has 0 spiro atoms. The van der Waals surface area contributed by atoms with Crippen molar-refractivity contribution in [2.45, 2.75) is 25.8 Å². The quantitative estimate of drug-likeness (QED) is 0.431. The topological polar surface area (TPSA) is 73.5 Å². The van der Waals surface area contributed by atoms with Crippen molar-refractivity contribution in [3.8, 4) is 22.6 Å². The number of pyridine rings is 1. The number of hydrogen-bond donors (Lipinski definition) is 2. The first-order chi connectivity index (χ1) is 15.3. The van der Waals surface area contributed by atoms with E-state index >= 15 is 0 Å². The van der Waals surface area contributed by atoms with Crippen LogP contribution in [0.25, 0.3) is 44.6 Å². The van der Waals surface area contributed by atoms with Gasteiger partial charge in [-0.15, -0.1) is 0 Å². The molecule has 1 fully saturated rings. The Bertz CT molecular complexity index is 1330. The van der Waals surface area contributed by atoms with Gasteiger partial charge in [-0.25, -0.2) is 4.98 Å². The Morgan fingerprint density at radius 3 is 2.68 bits per heavy atom. The number of hydrogen-bond acceptors (Lipinski definition) is 4. The summed E-state index contributed by atoms with van der Waals surface area (Å²) in [5.41, 5.74) is 7.33. The third kappa shape index (κ3) is 3.49. The van der Waals surface area contributed by atoms with Gasteiger partial charge in [0.05, 0.1) is 16.6 Å². The van der Waals surface area contributed by atoms with Crippen molar-refractivity contribution in [1.82, 2.24) is 30.0 Å². The number of para-hydroxylation sites is 2. The number of nitrogens with zero attached hydrogens (tertiary/aromatic N) is 4. The van der Waals surface area contributed by atoms with Crippen molar-refractivity contribution >= 4 is 21.9 Å². The van der Waals surface area contributed by atoms with Crippen LogP contribution < -0.4 is 0 Å². The average Bonchev–Trinajstić information content (AvgIpc) is 3.43. The van der Waals surface area contributed by atoms with Gasteiger partial charge in [0, 0.05) is 29.9 Å². The maximum Gasteiger partial charge on any atom is 0.159 e. The Hall–Kier alpha value is -3.51. The summed E-state index contributed by atoms with van der Waals surface area (Å²) >= 11 is 0. The van der Waals surface area contributed by atoms with E-state index in [0.717, 1.165) is 51.1 Å². The standard InChI is InChI=1S/C25H24N6/c1-4-10-31(11-5-1)16-17-12-19(15-26-14-17)18-8-9-21-20(13-18)24(30-29-21)25-27-22-6-2-3-7-23(22)28-25/h2-3,6-9,12-15H,1,4-5,10-11,16H2,(H,27,28)(H,29,30). The predicted octanol–water partition coefficient (Wildman–Crippen LogP) is 5.15. The molecule has 0 amide bonds. The molecule has 2 aromatic carbocycles. The van der Waals surface area contributed by atoms with Crippen LogP contribution in [0.2, 0.25) is 0 Å². The molecule has 6 heteroatoms. The highest BCUT2D eigenvalue weighted by Gasteiger charge is 2.14. The molecule has 6 nitrogen and oxygen atoms in total. The lowest BCUT2D eigenvalue weighted by Crippen LogP contribution is -2.29. The van der Waals surface area contributed by atoms with Crippen LogP contribution >= 0.6 is 0 Å². The van der Waals surface area contributed by atoms with Crippen molar-refractivity contribution in [2.75, 3.05) is 13.1 Å². The Labute approximate surface area is 180 Å². The van der Waals surface area contributed by atoms with Gasteiger partial charge in [-0.2, -0.15) is 5.10 Å². The molecular formula is C25H24N6. The monoisotopic (exact) mass is 408 g/mol. The fourth-order valence-corrected chi connectivity index (χ4v) is 4.55. The van der Waals surface area contributed by atoms with Gasteiger partial charge in [-0.05, 0) is 67.4 Å². The van der Waals surface area contributed by atoms with E-state index in [1.165, 1.54) is 37.9 Å². The molecular weight excluding hydrogens is 384 g/mol. The molecule has 0 saturated carbocycles. The maximum absolute atomic E-state index is 4.73. The molecule has 0 unspecified atom stereocenters. The Balaban J connectivity index is 1.36. The van der Waals surface area contributed by atoms with Gasteiger partial charge >= 0.3 is 0 Å². The SMILES string of the molecule is c1ccc2[nH]c(-c3n[nH]c4ccc(-c5cncc(CN6CCCCC6)c5)cc34)nc2c1. The molecule has 1 aliphatic rings. The lowest BCUT2D eigenvalue weighted by Gasteiger charge is -2.26. The van der Waals surface area contributed by atoms with E-state index in [-0.39, 0.29) is 0 Å². The summed E-state index contributed by atoms with van der Waals surface area (Å²) in [6.45, 7) is 3.34. The molecule has 1 aliphatic heterocycles. The van der Waals surface area contributed by atoms with Gasteiger partial charge in [-0.3, -0.25) is 15.0 Å². The number of H-pyrrole nitrogens is 2. The summed E-state index contributed by atoms with van der Waals surface area (Å²) < 4.78 is 0. The molecule has 0 atom stereocenters. The molecule has 3 aromatic heterocycles. The molecule has 154 valence electrons. The number of piperidine rings is 1. The highest BCUT2D eigenvalue weighted by molar-refractivity contribution is 5.95. The first kappa shape index (κ1) is 18.3. The Kier molecular flexibility index (Phi) is 4.50. The van der Waals surface area contributed by atoms with E-state index in [4.69, 9.17) is 4.98 Å². The Morgan fingerprint density at radius 2 is 1.77 bits per heavy atom. The van der Waals surface area contributed by atoms with E-state index in [1.54, 1.807) is 0 Å². The van der Waals surface area contributed by atoms with Crippen LogP contribution in [0.1, 0.15) is 24.8 Å². The van der Waals surface area contributed by atoms with E-state index in [2.05, 4.69) is 49.3 Å². The number of fused-ring (bicyclic) bond motifs is 2.